The van der Waals surface area contributed by atoms with E-state index >= 15 is 0 Å². The van der Waals surface area contributed by atoms with Crippen molar-refractivity contribution in [3.05, 3.63) is 0 Å². The Labute approximate surface area is 95.2 Å². The fraction of sp³-hybridized carbons (Fsp3) is 0.727. The van der Waals surface area contributed by atoms with E-state index in [4.69, 9.17) is 11.0 Å². The lowest BCUT2D eigenvalue weighted by atomic mass is 10.1. The molecule has 0 saturated heterocycles. The van der Waals surface area contributed by atoms with E-state index in [1.54, 1.807) is 6.92 Å². The second-order valence-corrected chi connectivity index (χ2v) is 4.22. The molecule has 0 bridgehead atoms. The van der Waals surface area contributed by atoms with E-state index in [0.717, 1.165) is 25.7 Å². The molecule has 5 nitrogen and oxygen atoms in total. The Balaban J connectivity index is 2.74. The molecule has 16 heavy (non-hydrogen) atoms. The Morgan fingerprint density at radius 3 is 2.50 bits per heavy atom. The number of nitrogens with two attached hydrogens (primary N) is 1. The van der Waals surface area contributed by atoms with Gasteiger partial charge in [-0.15, -0.1) is 0 Å². The van der Waals surface area contributed by atoms with Crippen molar-refractivity contribution in [3.8, 4) is 6.07 Å². The largest absolute Gasteiger partial charge is 0.368 e. The minimum absolute atomic E-state index is 0.0739. The van der Waals surface area contributed by atoms with Crippen LogP contribution in [-0.4, -0.2) is 29.3 Å². The number of carbonyl (C=O) groups is 2. The summed E-state index contributed by atoms with van der Waals surface area (Å²) >= 11 is 0. The molecule has 2 N–H and O–H groups in total. The standard InChI is InChI=1S/C11H17N3O2/c1-8(6-12)11(16)14(7-10(13)15)9-4-2-3-5-9/h8-9H,2-5,7H2,1H3,(H2,13,15). The first kappa shape index (κ1) is 12.5. The Hall–Kier alpha value is -1.57. The molecule has 1 fully saturated rings. The van der Waals surface area contributed by atoms with Gasteiger partial charge in [-0.1, -0.05) is 12.8 Å². The smallest absolute Gasteiger partial charge is 0.240 e. The van der Waals surface area contributed by atoms with Gasteiger partial charge in [-0.3, -0.25) is 9.59 Å². The van der Waals surface area contributed by atoms with Crippen molar-refractivity contribution in [2.24, 2.45) is 11.7 Å². The number of amides is 2. The minimum atomic E-state index is -0.708. The van der Waals surface area contributed by atoms with Crippen LogP contribution in [0.25, 0.3) is 0 Å². The van der Waals surface area contributed by atoms with Crippen molar-refractivity contribution < 1.29 is 9.59 Å². The summed E-state index contributed by atoms with van der Waals surface area (Å²) in [6.07, 6.45) is 3.93. The average molecular weight is 223 g/mol. The van der Waals surface area contributed by atoms with E-state index in [9.17, 15) is 9.59 Å². The van der Waals surface area contributed by atoms with Gasteiger partial charge in [0.05, 0.1) is 12.6 Å². The first-order valence-corrected chi connectivity index (χ1v) is 5.54. The van der Waals surface area contributed by atoms with Gasteiger partial charge in [0.25, 0.3) is 0 Å². The highest BCUT2D eigenvalue weighted by Crippen LogP contribution is 2.24. The van der Waals surface area contributed by atoms with Crippen LogP contribution >= 0.6 is 0 Å². The zero-order valence-electron chi connectivity index (χ0n) is 9.48. The lowest BCUT2D eigenvalue weighted by Gasteiger charge is -2.28. The van der Waals surface area contributed by atoms with E-state index in [1.807, 2.05) is 6.07 Å². The molecule has 88 valence electrons. The van der Waals surface area contributed by atoms with Crippen LogP contribution in [-0.2, 0) is 9.59 Å². The molecule has 0 aromatic carbocycles. The topological polar surface area (TPSA) is 87.2 Å². The normalized spacial score (nSPS) is 17.8. The van der Waals surface area contributed by atoms with Crippen LogP contribution in [0.1, 0.15) is 32.6 Å². The van der Waals surface area contributed by atoms with Crippen molar-refractivity contribution in [2.45, 2.75) is 38.6 Å². The van der Waals surface area contributed by atoms with Crippen LogP contribution in [0.15, 0.2) is 0 Å². The van der Waals surface area contributed by atoms with Crippen molar-refractivity contribution in [1.29, 1.82) is 5.26 Å². The molecule has 1 rings (SSSR count). The van der Waals surface area contributed by atoms with Gasteiger partial charge in [0.15, 0.2) is 0 Å². The molecule has 2 amide bonds. The van der Waals surface area contributed by atoms with Crippen LogP contribution < -0.4 is 5.73 Å². The molecule has 1 aliphatic rings. The molecule has 1 saturated carbocycles. The molecular weight excluding hydrogens is 206 g/mol. The Kier molecular flexibility index (Phi) is 4.29. The highest BCUT2D eigenvalue weighted by atomic mass is 16.2. The van der Waals surface area contributed by atoms with Crippen molar-refractivity contribution in [3.63, 3.8) is 0 Å². The summed E-state index contributed by atoms with van der Waals surface area (Å²) in [7, 11) is 0. The van der Waals surface area contributed by atoms with E-state index in [2.05, 4.69) is 0 Å². The van der Waals surface area contributed by atoms with Crippen molar-refractivity contribution >= 4 is 11.8 Å². The minimum Gasteiger partial charge on any atom is -0.368 e. The molecule has 0 heterocycles. The summed E-state index contributed by atoms with van der Waals surface area (Å²) in [6, 6.07) is 1.98. The molecule has 5 heteroatoms. The lowest BCUT2D eigenvalue weighted by molar-refractivity contribution is -0.139. The second-order valence-electron chi connectivity index (χ2n) is 4.22. The monoisotopic (exact) mass is 223 g/mol. The van der Waals surface area contributed by atoms with Gasteiger partial charge < -0.3 is 10.6 Å². The molecule has 0 aromatic heterocycles. The summed E-state index contributed by atoms with van der Waals surface area (Å²) in [5.74, 6) is -1.52. The van der Waals surface area contributed by atoms with Crippen LogP contribution in [0.4, 0.5) is 0 Å². The first-order valence-electron chi connectivity index (χ1n) is 5.54. The van der Waals surface area contributed by atoms with Gasteiger partial charge in [0.1, 0.15) is 5.92 Å². The Morgan fingerprint density at radius 1 is 1.50 bits per heavy atom. The number of nitrogens with zero attached hydrogens (tertiary/aromatic N) is 2. The van der Waals surface area contributed by atoms with Crippen LogP contribution in [0.5, 0.6) is 0 Å². The fourth-order valence-electron chi connectivity index (χ4n) is 2.07. The molecule has 0 aromatic rings. The number of rotatable bonds is 4. The zero-order chi connectivity index (χ0) is 12.1. The SMILES string of the molecule is CC(C#N)C(=O)N(CC(N)=O)C1CCCC1. The van der Waals surface area contributed by atoms with E-state index in [0.29, 0.717) is 0 Å². The maximum atomic E-state index is 11.9. The third-order valence-corrected chi connectivity index (χ3v) is 2.94. The van der Waals surface area contributed by atoms with Gasteiger partial charge in [-0.25, -0.2) is 0 Å². The third kappa shape index (κ3) is 2.96. The molecule has 1 aliphatic carbocycles. The lowest BCUT2D eigenvalue weighted by Crippen LogP contribution is -2.46. The van der Waals surface area contributed by atoms with E-state index < -0.39 is 11.8 Å². The van der Waals surface area contributed by atoms with Gasteiger partial charge >= 0.3 is 0 Å². The summed E-state index contributed by atoms with van der Waals surface area (Å²) in [4.78, 5) is 24.3. The number of hydrogen-bond donors (Lipinski definition) is 1. The summed E-state index contributed by atoms with van der Waals surface area (Å²) < 4.78 is 0. The highest BCUT2D eigenvalue weighted by molar-refractivity contribution is 5.86. The molecule has 1 atom stereocenters. The highest BCUT2D eigenvalue weighted by Gasteiger charge is 2.30. The maximum absolute atomic E-state index is 11.9. The van der Waals surface area contributed by atoms with Gasteiger partial charge in [-0.2, -0.15) is 5.26 Å². The molecule has 0 spiro atoms. The number of nitriles is 1. The second kappa shape index (κ2) is 5.50. The predicted molar refractivity (Wildman–Crippen MR) is 57.9 cm³/mol. The number of primary amides is 1. The van der Waals surface area contributed by atoms with E-state index in [1.165, 1.54) is 4.90 Å². The number of carbonyl (C=O) groups excluding carboxylic acids is 2. The Bertz CT molecular complexity index is 316. The molecule has 0 radical (unpaired) electrons. The van der Waals surface area contributed by atoms with Gasteiger partial charge in [-0.05, 0) is 19.8 Å². The molecule has 0 aliphatic heterocycles. The first-order chi connectivity index (χ1) is 7.56. The Morgan fingerprint density at radius 2 is 2.06 bits per heavy atom. The van der Waals surface area contributed by atoms with Crippen molar-refractivity contribution in [2.75, 3.05) is 6.54 Å². The van der Waals surface area contributed by atoms with Crippen LogP contribution in [0, 0.1) is 17.2 Å². The molecule has 1 unspecified atom stereocenters. The summed E-state index contributed by atoms with van der Waals surface area (Å²) in [6.45, 7) is 1.47. The van der Waals surface area contributed by atoms with E-state index in [-0.39, 0.29) is 18.5 Å². The third-order valence-electron chi connectivity index (χ3n) is 2.94. The molecular formula is C11H17N3O2. The van der Waals surface area contributed by atoms with Crippen molar-refractivity contribution in [1.82, 2.24) is 4.90 Å². The fourth-order valence-corrected chi connectivity index (χ4v) is 2.07. The predicted octanol–water partition coefficient (Wildman–Crippen LogP) is 0.403. The van der Waals surface area contributed by atoms with Crippen LogP contribution in [0.2, 0.25) is 0 Å². The zero-order valence-corrected chi connectivity index (χ0v) is 9.48. The average Bonchev–Trinajstić information content (AvgIpc) is 2.76. The number of hydrogen-bond acceptors (Lipinski definition) is 3. The summed E-state index contributed by atoms with van der Waals surface area (Å²) in [5.41, 5.74) is 5.12. The summed E-state index contributed by atoms with van der Waals surface area (Å²) in [5, 5.41) is 8.72. The van der Waals surface area contributed by atoms with Crippen LogP contribution in [0.3, 0.4) is 0 Å². The maximum Gasteiger partial charge on any atom is 0.240 e. The van der Waals surface area contributed by atoms with Gasteiger partial charge in [0.2, 0.25) is 11.8 Å². The quantitative estimate of drug-likeness (QED) is 0.748. The van der Waals surface area contributed by atoms with Gasteiger partial charge in [0, 0.05) is 6.04 Å².